The van der Waals surface area contributed by atoms with Crippen LogP contribution in [0.25, 0.3) is 0 Å². The van der Waals surface area contributed by atoms with E-state index in [2.05, 4.69) is 45.0 Å². The SMILES string of the molecule is CC(C)(C)c1ccc(C(N)c2ccc(Cl)cc2)cc1.Cl. The highest BCUT2D eigenvalue weighted by Gasteiger charge is 2.14. The summed E-state index contributed by atoms with van der Waals surface area (Å²) in [6.07, 6.45) is 0. The van der Waals surface area contributed by atoms with Crippen molar-refractivity contribution in [2.24, 2.45) is 5.73 Å². The molecule has 0 amide bonds. The maximum Gasteiger partial charge on any atom is 0.0551 e. The molecule has 2 aromatic rings. The van der Waals surface area contributed by atoms with E-state index in [9.17, 15) is 0 Å². The van der Waals surface area contributed by atoms with E-state index >= 15 is 0 Å². The molecule has 0 fully saturated rings. The van der Waals surface area contributed by atoms with Crippen molar-refractivity contribution >= 4 is 24.0 Å². The Hall–Kier alpha value is -1.02. The van der Waals surface area contributed by atoms with E-state index in [1.54, 1.807) is 0 Å². The van der Waals surface area contributed by atoms with Gasteiger partial charge in [-0.25, -0.2) is 0 Å². The number of hydrogen-bond acceptors (Lipinski definition) is 1. The van der Waals surface area contributed by atoms with Crippen molar-refractivity contribution in [3.63, 3.8) is 0 Å². The third-order valence-corrected chi connectivity index (χ3v) is 3.62. The molecule has 20 heavy (non-hydrogen) atoms. The molecule has 1 unspecified atom stereocenters. The van der Waals surface area contributed by atoms with Gasteiger partial charge in [-0.1, -0.05) is 68.8 Å². The van der Waals surface area contributed by atoms with Crippen LogP contribution in [0.5, 0.6) is 0 Å². The summed E-state index contributed by atoms with van der Waals surface area (Å²) in [5, 5.41) is 0.735. The van der Waals surface area contributed by atoms with Crippen molar-refractivity contribution in [1.82, 2.24) is 0 Å². The standard InChI is InChI=1S/C17H20ClN.ClH/c1-17(2,3)14-8-4-12(5-9-14)16(19)13-6-10-15(18)11-7-13;/h4-11,16H,19H2,1-3H3;1H. The topological polar surface area (TPSA) is 26.0 Å². The van der Waals surface area contributed by atoms with Crippen LogP contribution in [0.1, 0.15) is 43.5 Å². The second-order valence-corrected chi connectivity index (χ2v) is 6.34. The molecule has 0 bridgehead atoms. The van der Waals surface area contributed by atoms with E-state index in [1.165, 1.54) is 5.56 Å². The number of rotatable bonds is 2. The maximum absolute atomic E-state index is 6.28. The lowest BCUT2D eigenvalue weighted by Gasteiger charge is -2.20. The minimum atomic E-state index is -0.105. The van der Waals surface area contributed by atoms with Gasteiger partial charge in [0.05, 0.1) is 6.04 Å². The first kappa shape index (κ1) is 17.0. The highest BCUT2D eigenvalue weighted by atomic mass is 35.5. The monoisotopic (exact) mass is 309 g/mol. The van der Waals surface area contributed by atoms with Crippen LogP contribution in [0.3, 0.4) is 0 Å². The summed E-state index contributed by atoms with van der Waals surface area (Å²) in [4.78, 5) is 0. The Balaban J connectivity index is 0.00000200. The Bertz CT molecular complexity index is 539. The van der Waals surface area contributed by atoms with E-state index in [0.29, 0.717) is 0 Å². The van der Waals surface area contributed by atoms with Crippen molar-refractivity contribution in [1.29, 1.82) is 0 Å². The molecular weight excluding hydrogens is 289 g/mol. The molecule has 0 aliphatic heterocycles. The fourth-order valence-electron chi connectivity index (χ4n) is 2.05. The molecule has 2 N–H and O–H groups in total. The molecule has 3 heteroatoms. The zero-order chi connectivity index (χ0) is 14.0. The molecule has 0 aliphatic carbocycles. The zero-order valence-electron chi connectivity index (χ0n) is 12.1. The molecule has 0 radical (unpaired) electrons. The fourth-order valence-corrected chi connectivity index (χ4v) is 2.18. The van der Waals surface area contributed by atoms with Crippen molar-refractivity contribution in [3.8, 4) is 0 Å². The lowest BCUT2D eigenvalue weighted by molar-refractivity contribution is 0.589. The third kappa shape index (κ3) is 3.99. The minimum absolute atomic E-state index is 0. The maximum atomic E-state index is 6.28. The fraction of sp³-hybridized carbons (Fsp3) is 0.294. The van der Waals surface area contributed by atoms with Crippen molar-refractivity contribution in [3.05, 3.63) is 70.2 Å². The average Bonchev–Trinajstić information content (AvgIpc) is 2.38. The molecular formula is C17H21Cl2N. The predicted octanol–water partition coefficient (Wildman–Crippen LogP) is 5.11. The van der Waals surface area contributed by atoms with Crippen molar-refractivity contribution in [2.75, 3.05) is 0 Å². The van der Waals surface area contributed by atoms with Crippen LogP contribution >= 0.6 is 24.0 Å². The van der Waals surface area contributed by atoms with Crippen LogP contribution in [0.4, 0.5) is 0 Å². The summed E-state index contributed by atoms with van der Waals surface area (Å²) in [5.41, 5.74) is 9.97. The van der Waals surface area contributed by atoms with Gasteiger partial charge in [-0.05, 0) is 34.2 Å². The van der Waals surface area contributed by atoms with Gasteiger partial charge in [0.25, 0.3) is 0 Å². The Morgan fingerprint density at radius 1 is 0.850 bits per heavy atom. The van der Waals surface area contributed by atoms with Gasteiger partial charge in [0.15, 0.2) is 0 Å². The van der Waals surface area contributed by atoms with Crippen LogP contribution in [0.15, 0.2) is 48.5 Å². The van der Waals surface area contributed by atoms with Crippen LogP contribution < -0.4 is 5.73 Å². The smallest absolute Gasteiger partial charge is 0.0551 e. The van der Waals surface area contributed by atoms with E-state index < -0.39 is 0 Å². The van der Waals surface area contributed by atoms with Crippen LogP contribution in [-0.2, 0) is 5.41 Å². The lowest BCUT2D eigenvalue weighted by atomic mass is 9.86. The predicted molar refractivity (Wildman–Crippen MR) is 89.9 cm³/mol. The number of nitrogens with two attached hydrogens (primary N) is 1. The molecule has 0 saturated carbocycles. The second-order valence-electron chi connectivity index (χ2n) is 5.90. The van der Waals surface area contributed by atoms with E-state index in [4.69, 9.17) is 17.3 Å². The first-order chi connectivity index (χ1) is 8.88. The van der Waals surface area contributed by atoms with Crippen molar-refractivity contribution in [2.45, 2.75) is 32.2 Å². The Morgan fingerprint density at radius 3 is 1.65 bits per heavy atom. The van der Waals surface area contributed by atoms with Gasteiger partial charge in [-0.15, -0.1) is 12.4 Å². The molecule has 0 saturated heterocycles. The zero-order valence-corrected chi connectivity index (χ0v) is 13.6. The van der Waals surface area contributed by atoms with Gasteiger partial charge >= 0.3 is 0 Å². The number of benzene rings is 2. The van der Waals surface area contributed by atoms with Crippen LogP contribution in [0.2, 0.25) is 5.02 Å². The van der Waals surface area contributed by atoms with Crippen LogP contribution in [-0.4, -0.2) is 0 Å². The quantitative estimate of drug-likeness (QED) is 0.820. The van der Waals surface area contributed by atoms with Gasteiger partial charge in [0.1, 0.15) is 0 Å². The molecule has 0 aliphatic rings. The summed E-state index contributed by atoms with van der Waals surface area (Å²) in [7, 11) is 0. The average molecular weight is 310 g/mol. The number of hydrogen-bond donors (Lipinski definition) is 1. The van der Waals surface area contributed by atoms with Gasteiger partial charge in [-0.2, -0.15) is 0 Å². The molecule has 1 nitrogen and oxygen atoms in total. The summed E-state index contributed by atoms with van der Waals surface area (Å²) in [6, 6.07) is 16.1. The molecule has 0 aromatic heterocycles. The van der Waals surface area contributed by atoms with E-state index in [-0.39, 0.29) is 23.9 Å². The van der Waals surface area contributed by atoms with Crippen molar-refractivity contribution < 1.29 is 0 Å². The largest absolute Gasteiger partial charge is 0.320 e. The number of halogens is 2. The lowest BCUT2D eigenvalue weighted by Crippen LogP contribution is -2.14. The van der Waals surface area contributed by atoms with E-state index in [1.807, 2.05) is 24.3 Å². The van der Waals surface area contributed by atoms with Gasteiger partial charge in [0.2, 0.25) is 0 Å². The Labute approximate surface area is 132 Å². The molecule has 2 aromatic carbocycles. The summed E-state index contributed by atoms with van der Waals surface area (Å²) >= 11 is 5.89. The molecule has 2 rings (SSSR count). The third-order valence-electron chi connectivity index (χ3n) is 3.36. The second kappa shape index (κ2) is 6.62. The minimum Gasteiger partial charge on any atom is -0.320 e. The molecule has 1 atom stereocenters. The normalized spacial score (nSPS) is 12.7. The highest BCUT2D eigenvalue weighted by molar-refractivity contribution is 6.30. The Kier molecular flexibility index (Phi) is 5.64. The van der Waals surface area contributed by atoms with Crippen LogP contribution in [0, 0.1) is 0 Å². The summed E-state index contributed by atoms with van der Waals surface area (Å²) in [5.74, 6) is 0. The Morgan fingerprint density at radius 2 is 1.25 bits per heavy atom. The molecule has 0 spiro atoms. The molecule has 108 valence electrons. The first-order valence-electron chi connectivity index (χ1n) is 6.49. The van der Waals surface area contributed by atoms with Gasteiger partial charge in [0, 0.05) is 5.02 Å². The van der Waals surface area contributed by atoms with Gasteiger partial charge in [-0.3, -0.25) is 0 Å². The van der Waals surface area contributed by atoms with E-state index in [0.717, 1.165) is 16.1 Å². The summed E-state index contributed by atoms with van der Waals surface area (Å²) < 4.78 is 0. The summed E-state index contributed by atoms with van der Waals surface area (Å²) in [6.45, 7) is 6.63. The molecule has 0 heterocycles. The van der Waals surface area contributed by atoms with Gasteiger partial charge < -0.3 is 5.73 Å². The highest BCUT2D eigenvalue weighted by Crippen LogP contribution is 2.26. The first-order valence-corrected chi connectivity index (χ1v) is 6.87.